The lowest BCUT2D eigenvalue weighted by Gasteiger charge is -2.03. The summed E-state index contributed by atoms with van der Waals surface area (Å²) in [5.41, 5.74) is 1.92. The topological polar surface area (TPSA) is 56.5 Å². The van der Waals surface area contributed by atoms with E-state index in [0.29, 0.717) is 0 Å². The first-order valence-electron chi connectivity index (χ1n) is 5.16. The van der Waals surface area contributed by atoms with Crippen molar-refractivity contribution in [3.8, 4) is 17.1 Å². The fourth-order valence-corrected chi connectivity index (χ4v) is 1.56. The fourth-order valence-electron chi connectivity index (χ4n) is 1.56. The molecule has 3 heterocycles. The van der Waals surface area contributed by atoms with E-state index < -0.39 is 0 Å². The van der Waals surface area contributed by atoms with Gasteiger partial charge in [0.1, 0.15) is 12.7 Å². The Labute approximate surface area is 97.8 Å². The van der Waals surface area contributed by atoms with Gasteiger partial charge in [0, 0.05) is 18.0 Å². The van der Waals surface area contributed by atoms with E-state index in [1.807, 2.05) is 30.3 Å². The Morgan fingerprint density at radius 1 is 1.00 bits per heavy atom. The summed E-state index contributed by atoms with van der Waals surface area (Å²) in [7, 11) is 0. The van der Waals surface area contributed by atoms with E-state index in [4.69, 9.17) is 0 Å². The third-order valence-corrected chi connectivity index (χ3v) is 2.36. The molecular weight excluding hydrogens is 214 g/mol. The van der Waals surface area contributed by atoms with E-state index in [0.717, 1.165) is 17.1 Å². The fraction of sp³-hybridized carbons (Fsp3) is 0. The maximum Gasteiger partial charge on any atom is 0.155 e. The third kappa shape index (κ3) is 1.90. The van der Waals surface area contributed by atoms with Crippen molar-refractivity contribution in [2.45, 2.75) is 0 Å². The highest BCUT2D eigenvalue weighted by atomic mass is 15.3. The Kier molecular flexibility index (Phi) is 2.34. The van der Waals surface area contributed by atoms with E-state index in [-0.39, 0.29) is 0 Å². The molecule has 3 aromatic rings. The number of hydrogen-bond donors (Lipinski definition) is 0. The Hall–Kier alpha value is -2.56. The van der Waals surface area contributed by atoms with Crippen LogP contribution in [0, 0.1) is 0 Å². The zero-order valence-electron chi connectivity index (χ0n) is 8.93. The van der Waals surface area contributed by atoms with E-state index in [1.165, 1.54) is 6.33 Å². The van der Waals surface area contributed by atoms with Gasteiger partial charge in [-0.2, -0.15) is 5.10 Å². The molecule has 0 radical (unpaired) electrons. The van der Waals surface area contributed by atoms with Crippen molar-refractivity contribution in [3.05, 3.63) is 55.4 Å². The molecule has 0 spiro atoms. The Morgan fingerprint density at radius 3 is 2.76 bits per heavy atom. The smallest absolute Gasteiger partial charge is 0.155 e. The van der Waals surface area contributed by atoms with Crippen LogP contribution in [0.2, 0.25) is 0 Å². The van der Waals surface area contributed by atoms with Crippen LogP contribution >= 0.6 is 0 Å². The molecular formula is C12H9N5. The van der Waals surface area contributed by atoms with Gasteiger partial charge in [-0.25, -0.2) is 14.6 Å². The molecule has 0 atom stereocenters. The van der Waals surface area contributed by atoms with Gasteiger partial charge in [-0.15, -0.1) is 0 Å². The highest BCUT2D eigenvalue weighted by Crippen LogP contribution is 2.17. The van der Waals surface area contributed by atoms with Crippen molar-refractivity contribution in [3.63, 3.8) is 0 Å². The molecule has 3 rings (SSSR count). The van der Waals surface area contributed by atoms with Crippen LogP contribution in [0.5, 0.6) is 0 Å². The SMILES string of the molecule is c1ccc(-c2ccnc(-n3cncn3)c2)nc1. The predicted molar refractivity (Wildman–Crippen MR) is 62.4 cm³/mol. The minimum absolute atomic E-state index is 0.727. The molecule has 0 amide bonds. The van der Waals surface area contributed by atoms with E-state index in [1.54, 1.807) is 23.4 Å². The van der Waals surface area contributed by atoms with Gasteiger partial charge in [-0.1, -0.05) is 6.07 Å². The number of pyridine rings is 2. The zero-order valence-corrected chi connectivity index (χ0v) is 8.93. The third-order valence-electron chi connectivity index (χ3n) is 2.36. The number of nitrogens with zero attached hydrogens (tertiary/aromatic N) is 5. The predicted octanol–water partition coefficient (Wildman–Crippen LogP) is 1.72. The van der Waals surface area contributed by atoms with Crippen molar-refractivity contribution < 1.29 is 0 Å². The second-order valence-electron chi connectivity index (χ2n) is 3.46. The molecule has 0 aliphatic carbocycles. The Bertz CT molecular complexity index is 604. The summed E-state index contributed by atoms with van der Waals surface area (Å²) in [4.78, 5) is 12.4. The highest BCUT2D eigenvalue weighted by molar-refractivity contribution is 5.60. The second-order valence-corrected chi connectivity index (χ2v) is 3.46. The van der Waals surface area contributed by atoms with Crippen LogP contribution in [0.25, 0.3) is 17.1 Å². The van der Waals surface area contributed by atoms with Crippen molar-refractivity contribution >= 4 is 0 Å². The molecule has 0 saturated heterocycles. The van der Waals surface area contributed by atoms with Crippen LogP contribution in [-0.2, 0) is 0 Å². The standard InChI is InChI=1S/C12H9N5/c1-2-5-14-11(3-1)10-4-6-15-12(7-10)17-9-13-8-16-17/h1-9H. The average Bonchev–Trinajstić information content (AvgIpc) is 2.94. The Balaban J connectivity index is 2.06. The number of rotatable bonds is 2. The van der Waals surface area contributed by atoms with Gasteiger partial charge in [0.15, 0.2) is 5.82 Å². The second kappa shape index (κ2) is 4.13. The highest BCUT2D eigenvalue weighted by Gasteiger charge is 2.02. The normalized spacial score (nSPS) is 10.4. The summed E-state index contributed by atoms with van der Waals surface area (Å²) in [6, 6.07) is 9.65. The van der Waals surface area contributed by atoms with Gasteiger partial charge in [-0.05, 0) is 24.3 Å². The first-order chi connectivity index (χ1) is 8.43. The molecule has 82 valence electrons. The molecule has 0 aliphatic rings. The molecule has 0 fully saturated rings. The van der Waals surface area contributed by atoms with Crippen LogP contribution in [0.15, 0.2) is 55.4 Å². The van der Waals surface area contributed by atoms with E-state index >= 15 is 0 Å². The first kappa shape index (κ1) is 9.65. The monoisotopic (exact) mass is 223 g/mol. The maximum absolute atomic E-state index is 4.30. The van der Waals surface area contributed by atoms with Gasteiger partial charge in [0.25, 0.3) is 0 Å². The van der Waals surface area contributed by atoms with E-state index in [2.05, 4.69) is 20.1 Å². The largest absolute Gasteiger partial charge is 0.256 e. The van der Waals surface area contributed by atoms with Crippen LogP contribution in [0.3, 0.4) is 0 Å². The summed E-state index contributed by atoms with van der Waals surface area (Å²) in [5, 5.41) is 4.04. The molecule has 0 N–H and O–H groups in total. The van der Waals surface area contributed by atoms with Crippen molar-refractivity contribution in [2.24, 2.45) is 0 Å². The maximum atomic E-state index is 4.30. The lowest BCUT2D eigenvalue weighted by molar-refractivity contribution is 0.845. The molecule has 0 aliphatic heterocycles. The van der Waals surface area contributed by atoms with Gasteiger partial charge in [0.2, 0.25) is 0 Å². The summed E-state index contributed by atoms with van der Waals surface area (Å²) < 4.78 is 1.62. The minimum atomic E-state index is 0.727. The van der Waals surface area contributed by atoms with Gasteiger partial charge in [-0.3, -0.25) is 4.98 Å². The van der Waals surface area contributed by atoms with Crippen molar-refractivity contribution in [1.82, 2.24) is 24.7 Å². The van der Waals surface area contributed by atoms with E-state index in [9.17, 15) is 0 Å². The van der Waals surface area contributed by atoms with Gasteiger partial charge < -0.3 is 0 Å². The zero-order chi connectivity index (χ0) is 11.5. The van der Waals surface area contributed by atoms with Gasteiger partial charge >= 0.3 is 0 Å². The van der Waals surface area contributed by atoms with Crippen LogP contribution < -0.4 is 0 Å². The van der Waals surface area contributed by atoms with Crippen molar-refractivity contribution in [1.29, 1.82) is 0 Å². The molecule has 5 heteroatoms. The summed E-state index contributed by atoms with van der Waals surface area (Å²) >= 11 is 0. The number of hydrogen-bond acceptors (Lipinski definition) is 4. The van der Waals surface area contributed by atoms with Crippen LogP contribution in [0.4, 0.5) is 0 Å². The van der Waals surface area contributed by atoms with Crippen LogP contribution in [-0.4, -0.2) is 24.7 Å². The van der Waals surface area contributed by atoms with Crippen molar-refractivity contribution in [2.75, 3.05) is 0 Å². The summed E-state index contributed by atoms with van der Waals surface area (Å²) in [6.07, 6.45) is 6.60. The van der Waals surface area contributed by atoms with Crippen LogP contribution in [0.1, 0.15) is 0 Å². The van der Waals surface area contributed by atoms with Gasteiger partial charge in [0.05, 0.1) is 5.69 Å². The molecule has 3 aromatic heterocycles. The molecule has 0 saturated carbocycles. The molecule has 17 heavy (non-hydrogen) atoms. The first-order valence-corrected chi connectivity index (χ1v) is 5.16. The Morgan fingerprint density at radius 2 is 2.00 bits per heavy atom. The molecule has 0 aromatic carbocycles. The lowest BCUT2D eigenvalue weighted by Crippen LogP contribution is -1.97. The summed E-state index contributed by atoms with van der Waals surface area (Å²) in [5.74, 6) is 0.727. The summed E-state index contributed by atoms with van der Waals surface area (Å²) in [6.45, 7) is 0. The lowest BCUT2D eigenvalue weighted by atomic mass is 10.2. The number of aromatic nitrogens is 5. The quantitative estimate of drug-likeness (QED) is 0.663. The minimum Gasteiger partial charge on any atom is -0.256 e. The molecule has 0 unspecified atom stereocenters. The molecule has 0 bridgehead atoms. The molecule has 5 nitrogen and oxygen atoms in total. The average molecular weight is 223 g/mol.